The summed E-state index contributed by atoms with van der Waals surface area (Å²) in [6, 6.07) is 7.36. The van der Waals surface area contributed by atoms with Gasteiger partial charge in [-0.1, -0.05) is 0 Å². The number of nitrogens with one attached hydrogen (secondary N) is 1. The molecule has 1 aromatic carbocycles. The molecule has 0 bridgehead atoms. The van der Waals surface area contributed by atoms with Crippen LogP contribution >= 0.6 is 12.2 Å². The Morgan fingerprint density at radius 2 is 2.00 bits per heavy atom. The number of benzene rings is 1. The number of anilines is 1. The number of thiocarbonyl (C=S) groups is 1. The van der Waals surface area contributed by atoms with Crippen LogP contribution in [0.15, 0.2) is 24.3 Å². The summed E-state index contributed by atoms with van der Waals surface area (Å²) in [5.41, 5.74) is 6.15. The quantitative estimate of drug-likeness (QED) is 0.586. The fraction of sp³-hybridized carbons (Fsp3) is 0.111. The van der Waals surface area contributed by atoms with E-state index in [2.05, 4.69) is 17.5 Å². The van der Waals surface area contributed by atoms with Crippen molar-refractivity contribution in [3.8, 4) is 9.07 Å². The van der Waals surface area contributed by atoms with E-state index in [9.17, 15) is 0 Å². The predicted molar refractivity (Wildman–Crippen MR) is 64.8 cm³/mol. The Hall–Kier alpha value is -0.800. The van der Waals surface area contributed by atoms with Crippen molar-refractivity contribution in [2.75, 3.05) is 12.4 Å². The number of rotatable bonds is 2. The summed E-state index contributed by atoms with van der Waals surface area (Å²) < 4.78 is 6.87. The van der Waals surface area contributed by atoms with Gasteiger partial charge in [0.05, 0.1) is 7.11 Å². The Morgan fingerprint density at radius 1 is 1.53 bits per heavy atom. The van der Waals surface area contributed by atoms with E-state index in [-0.39, 0.29) is 5.11 Å². The first-order valence-electron chi connectivity index (χ1n) is 4.15. The molecule has 0 aliphatic heterocycles. The first-order valence-corrected chi connectivity index (χ1v) is 5.56. The molecule has 0 radical (unpaired) electrons. The number of nitriles is 1. The monoisotopic (exact) mass is 231 g/mol. The van der Waals surface area contributed by atoms with Gasteiger partial charge in [-0.3, -0.25) is 0 Å². The molecule has 0 aliphatic rings. The third-order valence-corrected chi connectivity index (χ3v) is 1.46. The van der Waals surface area contributed by atoms with Crippen LogP contribution in [0.5, 0.6) is 5.75 Å². The van der Waals surface area contributed by atoms with Gasteiger partial charge in [-0.2, -0.15) is 0 Å². The van der Waals surface area contributed by atoms with E-state index in [1.54, 1.807) is 7.11 Å². The van der Waals surface area contributed by atoms with E-state index in [0.717, 1.165) is 11.4 Å². The number of hydrogen-bond donors (Lipinski definition) is 2. The van der Waals surface area contributed by atoms with Gasteiger partial charge in [-0.05, 0) is 36.5 Å². The van der Waals surface area contributed by atoms with Crippen molar-refractivity contribution >= 4 is 50.9 Å². The molecule has 1 rings (SSSR count). The molecular formula is C9H10N3NaOS. The Labute approximate surface area is 112 Å². The molecule has 4 nitrogen and oxygen atoms in total. The number of ether oxygens (including phenoxy) is 1. The molecule has 0 saturated heterocycles. The zero-order valence-electron chi connectivity index (χ0n) is 8.65. The number of nitrogens with two attached hydrogens (primary N) is 1. The average molecular weight is 231 g/mol. The molecule has 0 unspecified atom stereocenters. The Morgan fingerprint density at radius 3 is 2.33 bits per heavy atom. The van der Waals surface area contributed by atoms with E-state index in [0.29, 0.717) is 27.9 Å². The summed E-state index contributed by atoms with van der Waals surface area (Å²) in [7, 11) is 1.62. The van der Waals surface area contributed by atoms with Gasteiger partial charge in [0.1, 0.15) is 5.75 Å². The minimum atomic E-state index is 0.264. The van der Waals surface area contributed by atoms with Crippen LogP contribution < -0.4 is 15.8 Å². The molecule has 3 N–H and O–H groups in total. The third-order valence-electron chi connectivity index (χ3n) is 1.36. The fourth-order valence-corrected chi connectivity index (χ4v) is 0.934. The molecule has 74 valence electrons. The number of hydrogen-bond acceptors (Lipinski definition) is 3. The van der Waals surface area contributed by atoms with Crippen molar-refractivity contribution in [2.45, 2.75) is 0 Å². The zero-order valence-corrected chi connectivity index (χ0v) is 11.5. The first-order chi connectivity index (χ1) is 7.13. The normalized spacial score (nSPS) is 7.87. The molecular weight excluding hydrogens is 221 g/mol. The summed E-state index contributed by atoms with van der Waals surface area (Å²) in [5.74, 6) is 0.809. The molecule has 0 spiro atoms. The molecule has 0 saturated carbocycles. The third kappa shape index (κ3) is 7.17. The van der Waals surface area contributed by atoms with E-state index in [4.69, 9.17) is 15.7 Å². The second-order valence-electron chi connectivity index (χ2n) is 2.44. The van der Waals surface area contributed by atoms with Crippen molar-refractivity contribution in [3.63, 3.8) is 0 Å². The van der Waals surface area contributed by atoms with Crippen LogP contribution in [0.25, 0.3) is 0 Å². The molecule has 0 aromatic heterocycles. The summed E-state index contributed by atoms with van der Waals surface area (Å²) in [6.07, 6.45) is 0. The Bertz CT molecular complexity index is 347. The van der Waals surface area contributed by atoms with Crippen LogP contribution in [0.3, 0.4) is 0 Å². The fourth-order valence-electron chi connectivity index (χ4n) is 0.817. The molecule has 1 aromatic rings. The van der Waals surface area contributed by atoms with Crippen LogP contribution in [0.4, 0.5) is 5.69 Å². The SMILES string of the molecule is COc1ccc(NC(N)=S)cc1.N#[C][Na]. The topological polar surface area (TPSA) is 71.1 Å². The van der Waals surface area contributed by atoms with Gasteiger partial charge in [0.25, 0.3) is 0 Å². The van der Waals surface area contributed by atoms with Crippen molar-refractivity contribution in [1.29, 1.82) is 5.26 Å². The maximum absolute atomic E-state index is 7.38. The molecule has 0 fully saturated rings. The van der Waals surface area contributed by atoms with E-state index < -0.39 is 0 Å². The second kappa shape index (κ2) is 8.50. The predicted octanol–water partition coefficient (Wildman–Crippen LogP) is 0.987. The van der Waals surface area contributed by atoms with Gasteiger partial charge >= 0.3 is 36.5 Å². The van der Waals surface area contributed by atoms with Gasteiger partial charge in [0, 0.05) is 5.69 Å². The van der Waals surface area contributed by atoms with Crippen LogP contribution in [0, 0.1) is 8.58 Å². The van der Waals surface area contributed by atoms with Crippen molar-refractivity contribution in [3.05, 3.63) is 24.3 Å². The Balaban J connectivity index is 0.000000583. The summed E-state index contributed by atoms with van der Waals surface area (Å²) >= 11 is 5.35. The van der Waals surface area contributed by atoms with Gasteiger partial charge < -0.3 is 15.8 Å². The van der Waals surface area contributed by atoms with Crippen molar-refractivity contribution in [1.82, 2.24) is 0 Å². The molecule has 6 heteroatoms. The van der Waals surface area contributed by atoms with E-state index in [1.165, 1.54) is 0 Å². The zero-order chi connectivity index (χ0) is 11.7. The minimum absolute atomic E-state index is 0.264. The summed E-state index contributed by atoms with van der Waals surface area (Å²) in [5, 5.41) is 10.5. The van der Waals surface area contributed by atoms with Crippen LogP contribution in [-0.4, -0.2) is 40.2 Å². The van der Waals surface area contributed by atoms with Crippen molar-refractivity contribution in [2.24, 2.45) is 5.73 Å². The standard InChI is InChI=1S/C8H10N2OS.CN.Na/c1-11-7-4-2-6(3-5-7)10-8(9)12;1-2;/h2-5H,1H3,(H3,9,10,12);;. The van der Waals surface area contributed by atoms with Crippen LogP contribution in [0.1, 0.15) is 0 Å². The molecule has 0 heterocycles. The maximum atomic E-state index is 7.38. The number of methoxy groups -OCH3 is 1. The van der Waals surface area contributed by atoms with Crippen molar-refractivity contribution < 1.29 is 4.74 Å². The van der Waals surface area contributed by atoms with Gasteiger partial charge in [0.2, 0.25) is 0 Å². The van der Waals surface area contributed by atoms with Crippen LogP contribution in [0.2, 0.25) is 0 Å². The second-order valence-corrected chi connectivity index (χ2v) is 3.33. The Kier molecular flexibility index (Phi) is 8.05. The van der Waals surface area contributed by atoms with E-state index >= 15 is 0 Å². The van der Waals surface area contributed by atoms with E-state index in [1.807, 2.05) is 27.6 Å². The summed E-state index contributed by atoms with van der Waals surface area (Å²) in [6.45, 7) is 0. The molecule has 0 aliphatic carbocycles. The van der Waals surface area contributed by atoms with Gasteiger partial charge in [-0.15, -0.1) is 0 Å². The molecule has 0 atom stereocenters. The van der Waals surface area contributed by atoms with Gasteiger partial charge in [-0.25, -0.2) is 0 Å². The summed E-state index contributed by atoms with van der Waals surface area (Å²) in [4.78, 5) is 0. The first kappa shape index (κ1) is 14.2. The van der Waals surface area contributed by atoms with Gasteiger partial charge in [0.15, 0.2) is 5.11 Å². The average Bonchev–Trinajstić information content (AvgIpc) is 2.19. The number of nitrogens with zero attached hydrogens (tertiary/aromatic N) is 1. The molecule has 15 heavy (non-hydrogen) atoms. The molecule has 0 amide bonds. The van der Waals surface area contributed by atoms with Crippen LogP contribution in [-0.2, 0) is 0 Å².